The quantitative estimate of drug-likeness (QED) is 0.756. The first-order valence-electron chi connectivity index (χ1n) is 8.17. The molecular formula is C17H22N4O3S. The van der Waals surface area contributed by atoms with E-state index >= 15 is 0 Å². The molecule has 7 nitrogen and oxygen atoms in total. The molecule has 0 spiro atoms. The molecule has 0 unspecified atom stereocenters. The van der Waals surface area contributed by atoms with Crippen LogP contribution in [0.2, 0.25) is 0 Å². The molecule has 0 aliphatic carbocycles. The molecule has 1 aromatic heterocycles. The third-order valence-electron chi connectivity index (χ3n) is 4.14. The number of carbonyl (C=O) groups is 1. The summed E-state index contributed by atoms with van der Waals surface area (Å²) < 4.78 is 12.4. The minimum Gasteiger partial charge on any atom is -0.497 e. The second-order valence-electron chi connectivity index (χ2n) is 5.79. The smallest absolute Gasteiger partial charge is 0.236 e. The Bertz CT molecular complexity index is 726. The highest BCUT2D eigenvalue weighted by Gasteiger charge is 2.25. The second-order valence-corrected chi connectivity index (χ2v) is 7.10. The SMILES string of the molecule is COc1ccc(-c2nnc(S[C@@H](C)C(=O)N3CCOCC3)n2C)cc1. The summed E-state index contributed by atoms with van der Waals surface area (Å²) in [7, 11) is 3.55. The monoisotopic (exact) mass is 362 g/mol. The number of ether oxygens (including phenoxy) is 2. The van der Waals surface area contributed by atoms with Crippen molar-refractivity contribution < 1.29 is 14.3 Å². The second kappa shape index (κ2) is 7.88. The van der Waals surface area contributed by atoms with Gasteiger partial charge >= 0.3 is 0 Å². The van der Waals surface area contributed by atoms with Crippen molar-refractivity contribution in [3.63, 3.8) is 0 Å². The van der Waals surface area contributed by atoms with E-state index in [-0.39, 0.29) is 11.2 Å². The van der Waals surface area contributed by atoms with Crippen molar-refractivity contribution in [3.05, 3.63) is 24.3 Å². The molecule has 1 aliphatic heterocycles. The van der Waals surface area contributed by atoms with Crippen LogP contribution in [0.25, 0.3) is 11.4 Å². The minimum absolute atomic E-state index is 0.113. The number of nitrogens with zero attached hydrogens (tertiary/aromatic N) is 4. The highest BCUT2D eigenvalue weighted by atomic mass is 32.2. The van der Waals surface area contributed by atoms with E-state index in [1.165, 1.54) is 11.8 Å². The molecule has 1 fully saturated rings. The van der Waals surface area contributed by atoms with Crippen LogP contribution in [-0.4, -0.2) is 64.2 Å². The molecule has 2 aromatic rings. The lowest BCUT2D eigenvalue weighted by atomic mass is 10.2. The third-order valence-corrected chi connectivity index (χ3v) is 5.26. The van der Waals surface area contributed by atoms with Crippen molar-refractivity contribution in [1.29, 1.82) is 0 Å². The van der Waals surface area contributed by atoms with Crippen molar-refractivity contribution in [2.24, 2.45) is 7.05 Å². The van der Waals surface area contributed by atoms with Crippen molar-refractivity contribution in [2.75, 3.05) is 33.4 Å². The number of carbonyl (C=O) groups excluding carboxylic acids is 1. The van der Waals surface area contributed by atoms with E-state index < -0.39 is 0 Å². The number of benzene rings is 1. The van der Waals surface area contributed by atoms with Gasteiger partial charge in [0, 0.05) is 25.7 Å². The summed E-state index contributed by atoms with van der Waals surface area (Å²) in [4.78, 5) is 14.4. The lowest BCUT2D eigenvalue weighted by Gasteiger charge is -2.28. The van der Waals surface area contributed by atoms with Gasteiger partial charge in [0.25, 0.3) is 0 Å². The molecule has 0 N–H and O–H groups in total. The fraction of sp³-hybridized carbons (Fsp3) is 0.471. The molecule has 2 heterocycles. The number of hydrogen-bond acceptors (Lipinski definition) is 6. The van der Waals surface area contributed by atoms with Crippen molar-refractivity contribution in [1.82, 2.24) is 19.7 Å². The normalized spacial score (nSPS) is 15.9. The van der Waals surface area contributed by atoms with Crippen LogP contribution in [0.15, 0.2) is 29.4 Å². The van der Waals surface area contributed by atoms with Gasteiger partial charge in [0.15, 0.2) is 11.0 Å². The van der Waals surface area contributed by atoms with E-state index in [2.05, 4.69) is 10.2 Å². The lowest BCUT2D eigenvalue weighted by Crippen LogP contribution is -2.44. The first-order chi connectivity index (χ1) is 12.1. The van der Waals surface area contributed by atoms with Crippen molar-refractivity contribution in [2.45, 2.75) is 17.3 Å². The molecule has 0 saturated carbocycles. The Morgan fingerprint density at radius 1 is 1.24 bits per heavy atom. The number of thioether (sulfide) groups is 1. The van der Waals surface area contributed by atoms with Crippen LogP contribution in [0.1, 0.15) is 6.92 Å². The molecule has 3 rings (SSSR count). The van der Waals surface area contributed by atoms with Crippen LogP contribution in [0, 0.1) is 0 Å². The van der Waals surface area contributed by atoms with Crippen molar-refractivity contribution >= 4 is 17.7 Å². The maximum atomic E-state index is 12.5. The first kappa shape index (κ1) is 17.8. The predicted molar refractivity (Wildman–Crippen MR) is 95.7 cm³/mol. The minimum atomic E-state index is -0.218. The summed E-state index contributed by atoms with van der Waals surface area (Å²) >= 11 is 1.43. The Labute approximate surface area is 151 Å². The molecule has 25 heavy (non-hydrogen) atoms. The number of methoxy groups -OCH3 is 1. The summed E-state index contributed by atoms with van der Waals surface area (Å²) in [5.41, 5.74) is 0.954. The summed E-state index contributed by atoms with van der Waals surface area (Å²) in [6.45, 7) is 4.42. The fourth-order valence-corrected chi connectivity index (χ4v) is 3.56. The molecule has 1 amide bonds. The highest BCUT2D eigenvalue weighted by molar-refractivity contribution is 8.00. The van der Waals surface area contributed by atoms with Gasteiger partial charge in [-0.3, -0.25) is 4.79 Å². The number of morpholine rings is 1. The zero-order valence-electron chi connectivity index (χ0n) is 14.6. The lowest BCUT2D eigenvalue weighted by molar-refractivity contribution is -0.134. The van der Waals surface area contributed by atoms with E-state index in [1.807, 2.05) is 47.7 Å². The Morgan fingerprint density at radius 2 is 1.92 bits per heavy atom. The third kappa shape index (κ3) is 3.96. The molecule has 0 radical (unpaired) electrons. The zero-order valence-corrected chi connectivity index (χ0v) is 15.5. The van der Waals surface area contributed by atoms with Crippen LogP contribution in [0.3, 0.4) is 0 Å². The molecule has 134 valence electrons. The Morgan fingerprint density at radius 3 is 2.56 bits per heavy atom. The number of rotatable bonds is 5. The van der Waals surface area contributed by atoms with Crippen LogP contribution >= 0.6 is 11.8 Å². The van der Waals surface area contributed by atoms with Gasteiger partial charge in [-0.2, -0.15) is 0 Å². The first-order valence-corrected chi connectivity index (χ1v) is 9.05. The molecule has 0 bridgehead atoms. The Hall–Kier alpha value is -2.06. The van der Waals surface area contributed by atoms with Gasteiger partial charge in [0.2, 0.25) is 5.91 Å². The number of aromatic nitrogens is 3. The molecule has 8 heteroatoms. The highest BCUT2D eigenvalue weighted by Crippen LogP contribution is 2.27. The van der Waals surface area contributed by atoms with E-state index in [0.717, 1.165) is 22.3 Å². The van der Waals surface area contributed by atoms with Crippen LogP contribution in [0.5, 0.6) is 5.75 Å². The Balaban J connectivity index is 1.70. The van der Waals surface area contributed by atoms with Crippen LogP contribution in [0.4, 0.5) is 0 Å². The van der Waals surface area contributed by atoms with Gasteiger partial charge in [0.05, 0.1) is 25.6 Å². The molecule has 1 atom stereocenters. The summed E-state index contributed by atoms with van der Waals surface area (Å²) in [5.74, 6) is 1.67. The summed E-state index contributed by atoms with van der Waals surface area (Å²) in [6.07, 6.45) is 0. The average molecular weight is 362 g/mol. The fourth-order valence-electron chi connectivity index (χ4n) is 2.66. The van der Waals surface area contributed by atoms with E-state index in [4.69, 9.17) is 9.47 Å². The standard InChI is InChI=1S/C17H22N4O3S/c1-12(16(22)21-8-10-24-11-9-21)25-17-19-18-15(20(17)2)13-4-6-14(23-3)7-5-13/h4-7,12H,8-11H2,1-3H3/t12-/m0/s1. The van der Waals surface area contributed by atoms with Gasteiger partial charge in [-0.05, 0) is 31.2 Å². The van der Waals surface area contributed by atoms with Gasteiger partial charge < -0.3 is 18.9 Å². The maximum absolute atomic E-state index is 12.5. The largest absolute Gasteiger partial charge is 0.497 e. The molecule has 1 aliphatic rings. The predicted octanol–water partition coefficient (Wildman–Crippen LogP) is 1.83. The number of amides is 1. The summed E-state index contributed by atoms with van der Waals surface area (Å²) in [6, 6.07) is 7.67. The Kier molecular flexibility index (Phi) is 5.60. The molecule has 1 aromatic carbocycles. The van der Waals surface area contributed by atoms with E-state index in [0.29, 0.717) is 26.3 Å². The van der Waals surface area contributed by atoms with Gasteiger partial charge in [-0.1, -0.05) is 11.8 Å². The van der Waals surface area contributed by atoms with Crippen molar-refractivity contribution in [3.8, 4) is 17.1 Å². The van der Waals surface area contributed by atoms with Gasteiger partial charge in [-0.15, -0.1) is 10.2 Å². The molecule has 1 saturated heterocycles. The maximum Gasteiger partial charge on any atom is 0.236 e. The van der Waals surface area contributed by atoms with E-state index in [1.54, 1.807) is 7.11 Å². The van der Waals surface area contributed by atoms with E-state index in [9.17, 15) is 4.79 Å². The summed E-state index contributed by atoms with van der Waals surface area (Å²) in [5, 5.41) is 9.03. The average Bonchev–Trinajstić information content (AvgIpc) is 3.02. The zero-order chi connectivity index (χ0) is 17.8. The topological polar surface area (TPSA) is 69.5 Å². The van der Waals surface area contributed by atoms with Crippen LogP contribution in [-0.2, 0) is 16.6 Å². The number of hydrogen-bond donors (Lipinski definition) is 0. The van der Waals surface area contributed by atoms with Gasteiger partial charge in [-0.25, -0.2) is 0 Å². The molecular weight excluding hydrogens is 340 g/mol. The van der Waals surface area contributed by atoms with Crippen LogP contribution < -0.4 is 4.74 Å². The van der Waals surface area contributed by atoms with Gasteiger partial charge in [0.1, 0.15) is 5.75 Å².